The maximum absolute atomic E-state index is 6.15. The van der Waals surface area contributed by atoms with Crippen LogP contribution in [0.15, 0.2) is 35.3 Å². The van der Waals surface area contributed by atoms with Gasteiger partial charge in [-0.2, -0.15) is 0 Å². The normalized spacial score (nSPS) is 28.5. The Bertz CT molecular complexity index is 446. The van der Waals surface area contributed by atoms with Crippen molar-refractivity contribution in [1.82, 2.24) is 4.90 Å². The van der Waals surface area contributed by atoms with E-state index < -0.39 is 0 Å². The molecule has 2 fully saturated rings. The topological polar surface area (TPSA) is 41.6 Å². The minimum absolute atomic E-state index is 0.404. The van der Waals surface area contributed by atoms with Crippen molar-refractivity contribution in [1.29, 1.82) is 0 Å². The second-order valence-corrected chi connectivity index (χ2v) is 5.98. The summed E-state index contributed by atoms with van der Waals surface area (Å²) in [6.07, 6.45) is 3.63. The Hall–Kier alpha value is -1.51. The van der Waals surface area contributed by atoms with Crippen LogP contribution >= 0.6 is 0 Å². The Kier molecular flexibility index (Phi) is 3.45. The third-order valence-corrected chi connectivity index (χ3v) is 4.39. The van der Waals surface area contributed by atoms with E-state index in [1.54, 1.807) is 0 Å². The number of nitrogens with two attached hydrogens (primary N) is 1. The average Bonchev–Trinajstić information content (AvgIpc) is 3.20. The highest BCUT2D eigenvalue weighted by Crippen LogP contribution is 2.43. The van der Waals surface area contributed by atoms with Gasteiger partial charge in [-0.15, -0.1) is 0 Å². The molecule has 3 rings (SSSR count). The van der Waals surface area contributed by atoms with E-state index in [-0.39, 0.29) is 0 Å². The van der Waals surface area contributed by atoms with E-state index in [0.717, 1.165) is 31.4 Å². The van der Waals surface area contributed by atoms with E-state index in [9.17, 15) is 0 Å². The molecular formula is C16H23N3. The average molecular weight is 257 g/mol. The molecule has 1 heterocycles. The van der Waals surface area contributed by atoms with Gasteiger partial charge in [0.2, 0.25) is 0 Å². The van der Waals surface area contributed by atoms with E-state index in [1.165, 1.54) is 18.4 Å². The monoisotopic (exact) mass is 257 g/mol. The molecule has 3 heteroatoms. The molecule has 0 spiro atoms. The van der Waals surface area contributed by atoms with Crippen LogP contribution in [0.5, 0.6) is 0 Å². The van der Waals surface area contributed by atoms with Gasteiger partial charge in [0.15, 0.2) is 5.96 Å². The maximum Gasteiger partial charge on any atom is 0.191 e. The molecule has 19 heavy (non-hydrogen) atoms. The molecule has 1 saturated carbocycles. The summed E-state index contributed by atoms with van der Waals surface area (Å²) in [5, 5.41) is 0. The predicted octanol–water partition coefficient (Wildman–Crippen LogP) is 2.59. The Morgan fingerprint density at radius 2 is 1.89 bits per heavy atom. The van der Waals surface area contributed by atoms with Crippen molar-refractivity contribution in [2.75, 3.05) is 13.1 Å². The molecule has 0 aromatic heterocycles. The lowest BCUT2D eigenvalue weighted by Gasteiger charge is -2.31. The molecule has 0 amide bonds. The second-order valence-electron chi connectivity index (χ2n) is 5.98. The van der Waals surface area contributed by atoms with Crippen LogP contribution < -0.4 is 5.73 Å². The Labute approximate surface area is 115 Å². The number of rotatable bonds is 2. The second kappa shape index (κ2) is 5.24. The zero-order valence-corrected chi connectivity index (χ0v) is 11.6. The molecule has 0 radical (unpaired) electrons. The number of hydrogen-bond donors (Lipinski definition) is 1. The fourth-order valence-electron chi connectivity index (χ4n) is 2.87. The molecule has 1 aromatic rings. The van der Waals surface area contributed by atoms with Crippen LogP contribution in [0.2, 0.25) is 0 Å². The fourth-order valence-corrected chi connectivity index (χ4v) is 2.87. The third kappa shape index (κ3) is 2.91. The molecule has 1 saturated heterocycles. The maximum atomic E-state index is 6.15. The van der Waals surface area contributed by atoms with Gasteiger partial charge in [0.1, 0.15) is 0 Å². The summed E-state index contributed by atoms with van der Waals surface area (Å²) in [7, 11) is 0. The lowest BCUT2D eigenvalue weighted by Crippen LogP contribution is -2.42. The van der Waals surface area contributed by atoms with Crippen LogP contribution in [0.3, 0.4) is 0 Å². The molecule has 1 aromatic carbocycles. The van der Waals surface area contributed by atoms with Crippen LogP contribution in [-0.4, -0.2) is 30.0 Å². The SMILES string of the molecule is CC1CCN(C(N)=NC2CC2c2ccccc2)CC1. The van der Waals surface area contributed by atoms with Crippen molar-refractivity contribution >= 4 is 5.96 Å². The van der Waals surface area contributed by atoms with Gasteiger partial charge in [-0.25, -0.2) is 4.99 Å². The van der Waals surface area contributed by atoms with Crippen LogP contribution in [-0.2, 0) is 0 Å². The molecule has 2 N–H and O–H groups in total. The summed E-state index contributed by atoms with van der Waals surface area (Å²) < 4.78 is 0. The first-order valence-corrected chi connectivity index (χ1v) is 7.37. The largest absolute Gasteiger partial charge is 0.370 e. The fraction of sp³-hybridized carbons (Fsp3) is 0.562. The summed E-state index contributed by atoms with van der Waals surface area (Å²) >= 11 is 0. The minimum Gasteiger partial charge on any atom is -0.370 e. The highest BCUT2D eigenvalue weighted by atomic mass is 15.3. The quantitative estimate of drug-likeness (QED) is 0.653. The van der Waals surface area contributed by atoms with Crippen molar-refractivity contribution in [3.63, 3.8) is 0 Å². The zero-order valence-electron chi connectivity index (χ0n) is 11.6. The number of aliphatic imine (C=N–C) groups is 1. The number of piperidine rings is 1. The highest BCUT2D eigenvalue weighted by Gasteiger charge is 2.38. The summed E-state index contributed by atoms with van der Waals surface area (Å²) in [6, 6.07) is 11.1. The van der Waals surface area contributed by atoms with E-state index in [1.807, 2.05) is 0 Å². The molecule has 1 aliphatic heterocycles. The number of nitrogens with zero attached hydrogens (tertiary/aromatic N) is 2. The van der Waals surface area contributed by atoms with Gasteiger partial charge in [0.25, 0.3) is 0 Å². The van der Waals surface area contributed by atoms with Gasteiger partial charge in [-0.1, -0.05) is 37.3 Å². The van der Waals surface area contributed by atoms with Crippen LogP contribution in [0.25, 0.3) is 0 Å². The highest BCUT2D eigenvalue weighted by molar-refractivity contribution is 5.78. The zero-order chi connectivity index (χ0) is 13.2. The van der Waals surface area contributed by atoms with E-state index in [0.29, 0.717) is 12.0 Å². The lowest BCUT2D eigenvalue weighted by molar-refractivity contribution is 0.277. The smallest absolute Gasteiger partial charge is 0.191 e. The standard InChI is InChI=1S/C16H23N3/c1-12-7-9-19(10-8-12)16(17)18-15-11-14(15)13-5-3-2-4-6-13/h2-6,12,14-15H,7-11H2,1H3,(H2,17,18). The molecule has 102 valence electrons. The number of likely N-dealkylation sites (tertiary alicyclic amines) is 1. The predicted molar refractivity (Wildman–Crippen MR) is 79.2 cm³/mol. The Balaban J connectivity index is 1.58. The molecular weight excluding hydrogens is 234 g/mol. The molecule has 3 nitrogen and oxygen atoms in total. The van der Waals surface area contributed by atoms with E-state index >= 15 is 0 Å². The van der Waals surface area contributed by atoms with Crippen molar-refractivity contribution in [3.8, 4) is 0 Å². The van der Waals surface area contributed by atoms with Gasteiger partial charge in [0, 0.05) is 19.0 Å². The van der Waals surface area contributed by atoms with Crippen molar-refractivity contribution in [2.45, 2.75) is 38.1 Å². The van der Waals surface area contributed by atoms with Crippen LogP contribution in [0.1, 0.15) is 37.7 Å². The Morgan fingerprint density at radius 1 is 1.21 bits per heavy atom. The molecule has 0 bridgehead atoms. The van der Waals surface area contributed by atoms with Crippen molar-refractivity contribution < 1.29 is 0 Å². The molecule has 2 unspecified atom stereocenters. The number of guanidine groups is 1. The van der Waals surface area contributed by atoms with Gasteiger partial charge < -0.3 is 10.6 Å². The first kappa shape index (κ1) is 12.5. The third-order valence-electron chi connectivity index (χ3n) is 4.39. The van der Waals surface area contributed by atoms with Gasteiger partial charge in [0.05, 0.1) is 6.04 Å². The van der Waals surface area contributed by atoms with Gasteiger partial charge in [-0.3, -0.25) is 0 Å². The molecule has 1 aliphatic carbocycles. The molecule has 2 atom stereocenters. The first-order valence-electron chi connectivity index (χ1n) is 7.37. The summed E-state index contributed by atoms with van der Waals surface area (Å²) in [4.78, 5) is 6.97. The Morgan fingerprint density at radius 3 is 2.58 bits per heavy atom. The van der Waals surface area contributed by atoms with Crippen LogP contribution in [0.4, 0.5) is 0 Å². The minimum atomic E-state index is 0.404. The summed E-state index contributed by atoms with van der Waals surface area (Å²) in [6.45, 7) is 4.45. The van der Waals surface area contributed by atoms with E-state index in [4.69, 9.17) is 10.7 Å². The van der Waals surface area contributed by atoms with Gasteiger partial charge >= 0.3 is 0 Å². The number of benzene rings is 1. The first-order chi connectivity index (χ1) is 9.24. The van der Waals surface area contributed by atoms with Crippen LogP contribution in [0, 0.1) is 5.92 Å². The molecule has 2 aliphatic rings. The summed E-state index contributed by atoms with van der Waals surface area (Å²) in [5.41, 5.74) is 7.55. The summed E-state index contributed by atoms with van der Waals surface area (Å²) in [5.74, 6) is 2.18. The van der Waals surface area contributed by atoms with E-state index in [2.05, 4.69) is 42.2 Å². The number of hydrogen-bond acceptors (Lipinski definition) is 1. The lowest BCUT2D eigenvalue weighted by atomic mass is 10.00. The van der Waals surface area contributed by atoms with Gasteiger partial charge in [-0.05, 0) is 30.7 Å². The van der Waals surface area contributed by atoms with Crippen molar-refractivity contribution in [2.24, 2.45) is 16.6 Å². The van der Waals surface area contributed by atoms with Crippen molar-refractivity contribution in [3.05, 3.63) is 35.9 Å².